The summed E-state index contributed by atoms with van der Waals surface area (Å²) in [6, 6.07) is 9.25. The van der Waals surface area contributed by atoms with Crippen molar-refractivity contribution < 1.29 is 33.6 Å². The number of hydrogen-bond acceptors (Lipinski definition) is 7. The number of hydrogen-bond donors (Lipinski definition) is 1. The Balaban J connectivity index is 1.94. The van der Waals surface area contributed by atoms with E-state index in [1.54, 1.807) is 21.0 Å². The van der Waals surface area contributed by atoms with Crippen LogP contribution in [-0.2, 0) is 30.2 Å². The first-order valence-corrected chi connectivity index (χ1v) is 12.6. The Morgan fingerprint density at radius 3 is 2.44 bits per heavy atom. The molecule has 36 heavy (non-hydrogen) atoms. The van der Waals surface area contributed by atoms with Crippen molar-refractivity contribution in [3.05, 3.63) is 48.0 Å². The minimum Gasteiger partial charge on any atom is -0.447 e. The average Bonchev–Trinajstić information content (AvgIpc) is 3.23. The molecule has 1 aromatic carbocycles. The first-order chi connectivity index (χ1) is 17.0. The van der Waals surface area contributed by atoms with Gasteiger partial charge in [0.25, 0.3) is 0 Å². The molecule has 0 saturated carbocycles. The lowest BCUT2D eigenvalue weighted by atomic mass is 9.72. The molecule has 8 heteroatoms. The minimum absolute atomic E-state index is 0.0952. The normalized spacial score (nSPS) is 33.1. The van der Waals surface area contributed by atoms with Crippen LogP contribution in [0, 0.1) is 23.7 Å². The summed E-state index contributed by atoms with van der Waals surface area (Å²) < 4.78 is 23.8. The Bertz CT molecular complexity index is 937. The summed E-state index contributed by atoms with van der Waals surface area (Å²) in [5.74, 6) is -3.45. The number of amides is 2. The summed E-state index contributed by atoms with van der Waals surface area (Å²) in [6.45, 7) is 13.3. The van der Waals surface area contributed by atoms with Gasteiger partial charge in [-0.2, -0.15) is 0 Å². The van der Waals surface area contributed by atoms with E-state index in [1.165, 1.54) is 12.0 Å². The van der Waals surface area contributed by atoms with Crippen LogP contribution in [0.25, 0.3) is 0 Å². The number of imide groups is 1. The summed E-state index contributed by atoms with van der Waals surface area (Å²) >= 11 is 0. The van der Waals surface area contributed by atoms with Gasteiger partial charge in [0.05, 0.1) is 30.3 Å². The van der Waals surface area contributed by atoms with Gasteiger partial charge in [-0.05, 0) is 25.8 Å². The van der Waals surface area contributed by atoms with Gasteiger partial charge in [-0.25, -0.2) is 9.69 Å². The first kappa shape index (κ1) is 28.3. The second kappa shape index (κ2) is 11.4. The van der Waals surface area contributed by atoms with Crippen molar-refractivity contribution in [2.24, 2.45) is 23.7 Å². The van der Waals surface area contributed by atoms with Crippen LogP contribution in [0.3, 0.4) is 0 Å². The van der Waals surface area contributed by atoms with Gasteiger partial charge in [-0.1, -0.05) is 63.3 Å². The highest BCUT2D eigenvalue weighted by Crippen LogP contribution is 2.47. The summed E-state index contributed by atoms with van der Waals surface area (Å²) in [6.07, 6.45) is -1.78. The summed E-state index contributed by atoms with van der Waals surface area (Å²) in [5.41, 5.74) is 1.63. The Kier molecular flexibility index (Phi) is 8.98. The number of aliphatic hydroxyl groups is 1. The van der Waals surface area contributed by atoms with Crippen molar-refractivity contribution in [2.75, 3.05) is 20.8 Å². The molecule has 0 aliphatic carbocycles. The molecule has 2 heterocycles. The zero-order chi connectivity index (χ0) is 26.8. The Morgan fingerprint density at radius 2 is 1.89 bits per heavy atom. The van der Waals surface area contributed by atoms with E-state index in [2.05, 4.69) is 6.58 Å². The van der Waals surface area contributed by atoms with Crippen LogP contribution >= 0.6 is 0 Å². The van der Waals surface area contributed by atoms with Gasteiger partial charge in [0, 0.05) is 32.0 Å². The number of carbonyl (C=O) groups is 2. The van der Waals surface area contributed by atoms with E-state index in [4.69, 9.17) is 18.9 Å². The maximum Gasteiger partial charge on any atom is 0.416 e. The SMILES string of the molecule is C=C(C)[C@H](O)[C@@H](C)[C@H]1O[C@@](OC)([C@H](C)C(=O)N2C(=O)OC[C@@H]2Cc2ccccc2)[C@H](C)[C@@H](OC)[C@H]1C. The van der Waals surface area contributed by atoms with Crippen LogP contribution in [-0.4, -0.2) is 73.0 Å². The Labute approximate surface area is 214 Å². The fourth-order valence-electron chi connectivity index (χ4n) is 5.99. The third-order valence-electron chi connectivity index (χ3n) is 8.08. The fraction of sp³-hybridized carbons (Fsp3) is 0.643. The van der Waals surface area contributed by atoms with Gasteiger partial charge in [-0.3, -0.25) is 4.79 Å². The number of ether oxygens (including phenoxy) is 4. The molecule has 0 bridgehead atoms. The molecule has 1 aromatic rings. The van der Waals surface area contributed by atoms with E-state index in [0.29, 0.717) is 12.0 Å². The largest absolute Gasteiger partial charge is 0.447 e. The predicted molar refractivity (Wildman–Crippen MR) is 135 cm³/mol. The molecule has 200 valence electrons. The van der Waals surface area contributed by atoms with E-state index < -0.39 is 42.0 Å². The third kappa shape index (κ3) is 5.09. The van der Waals surface area contributed by atoms with Gasteiger partial charge in [0.1, 0.15) is 6.61 Å². The van der Waals surface area contributed by atoms with Crippen LogP contribution in [0.5, 0.6) is 0 Å². The number of benzene rings is 1. The topological polar surface area (TPSA) is 94.5 Å². The number of methoxy groups -OCH3 is 2. The van der Waals surface area contributed by atoms with Crippen LogP contribution in [0.15, 0.2) is 42.5 Å². The van der Waals surface area contributed by atoms with Crippen molar-refractivity contribution in [3.63, 3.8) is 0 Å². The lowest BCUT2D eigenvalue weighted by Crippen LogP contribution is -2.65. The Morgan fingerprint density at radius 1 is 1.25 bits per heavy atom. The quantitative estimate of drug-likeness (QED) is 0.512. The number of carbonyl (C=O) groups excluding carboxylic acids is 2. The van der Waals surface area contributed by atoms with E-state index in [9.17, 15) is 14.7 Å². The smallest absolute Gasteiger partial charge is 0.416 e. The molecule has 0 spiro atoms. The van der Waals surface area contributed by atoms with Crippen LogP contribution < -0.4 is 0 Å². The van der Waals surface area contributed by atoms with Gasteiger partial charge >= 0.3 is 6.09 Å². The van der Waals surface area contributed by atoms with Crippen LogP contribution in [0.4, 0.5) is 4.79 Å². The van der Waals surface area contributed by atoms with E-state index in [1.807, 2.05) is 51.1 Å². The maximum absolute atomic E-state index is 13.9. The lowest BCUT2D eigenvalue weighted by Gasteiger charge is -2.54. The molecule has 1 N–H and O–H groups in total. The average molecular weight is 504 g/mol. The monoisotopic (exact) mass is 503 g/mol. The molecule has 2 amide bonds. The Hall–Kier alpha value is -2.26. The third-order valence-corrected chi connectivity index (χ3v) is 8.08. The van der Waals surface area contributed by atoms with Gasteiger partial charge in [0.15, 0.2) is 5.79 Å². The lowest BCUT2D eigenvalue weighted by molar-refractivity contribution is -0.354. The number of nitrogens with zero attached hydrogens (tertiary/aromatic N) is 1. The summed E-state index contributed by atoms with van der Waals surface area (Å²) in [5, 5.41) is 10.8. The molecule has 0 radical (unpaired) electrons. The summed E-state index contributed by atoms with van der Waals surface area (Å²) in [7, 11) is 3.13. The van der Waals surface area contributed by atoms with Crippen molar-refractivity contribution in [3.8, 4) is 0 Å². The summed E-state index contributed by atoms with van der Waals surface area (Å²) in [4.78, 5) is 27.8. The molecule has 8 nitrogen and oxygen atoms in total. The fourth-order valence-corrected chi connectivity index (χ4v) is 5.99. The predicted octanol–water partition coefficient (Wildman–Crippen LogP) is 3.81. The van der Waals surface area contributed by atoms with Crippen LogP contribution in [0.2, 0.25) is 0 Å². The number of aliphatic hydroxyl groups excluding tert-OH is 1. The van der Waals surface area contributed by atoms with Crippen LogP contribution in [0.1, 0.15) is 40.2 Å². The number of rotatable bonds is 9. The van der Waals surface area contributed by atoms with E-state index in [0.717, 1.165) is 5.56 Å². The van der Waals surface area contributed by atoms with E-state index in [-0.39, 0.29) is 30.5 Å². The molecule has 3 rings (SSSR count). The first-order valence-electron chi connectivity index (χ1n) is 12.6. The van der Waals surface area contributed by atoms with Gasteiger partial charge in [-0.15, -0.1) is 0 Å². The zero-order valence-electron chi connectivity index (χ0n) is 22.5. The second-order valence-electron chi connectivity index (χ2n) is 10.4. The molecule has 2 saturated heterocycles. The van der Waals surface area contributed by atoms with Gasteiger partial charge < -0.3 is 24.1 Å². The highest BCUT2D eigenvalue weighted by Gasteiger charge is 2.59. The standard InChI is InChI=1S/C28H41NO7/c1-16(2)23(30)17(3)24-18(4)25(33-7)19(5)28(34-8,36-24)20(6)26(31)29-22(15-35-27(29)32)14-21-12-10-9-11-13-21/h9-13,17-20,22-25,30H,1,14-15H2,2-8H3/t17-,18+,19-,20-,22+,23+,24-,25+,28-/m1/s1. The van der Waals surface area contributed by atoms with Gasteiger partial charge in [0.2, 0.25) is 5.91 Å². The molecule has 9 atom stereocenters. The van der Waals surface area contributed by atoms with E-state index >= 15 is 0 Å². The van der Waals surface area contributed by atoms with Crippen molar-refractivity contribution in [1.82, 2.24) is 4.90 Å². The highest BCUT2D eigenvalue weighted by atomic mass is 16.7. The molecular weight excluding hydrogens is 462 g/mol. The molecule has 0 aromatic heterocycles. The highest BCUT2D eigenvalue weighted by molar-refractivity contribution is 5.95. The molecule has 2 aliphatic heterocycles. The minimum atomic E-state index is -1.39. The number of cyclic esters (lactones) is 1. The molecule has 0 unspecified atom stereocenters. The second-order valence-corrected chi connectivity index (χ2v) is 10.4. The van der Waals surface area contributed by atoms with Crippen molar-refractivity contribution >= 4 is 12.0 Å². The molecule has 2 aliphatic rings. The van der Waals surface area contributed by atoms with Crippen molar-refractivity contribution in [2.45, 2.75) is 71.2 Å². The maximum atomic E-state index is 13.9. The molecule has 2 fully saturated rings. The van der Waals surface area contributed by atoms with Crippen molar-refractivity contribution in [1.29, 1.82) is 0 Å². The zero-order valence-corrected chi connectivity index (χ0v) is 22.5. The molecular formula is C28H41NO7.